The van der Waals surface area contributed by atoms with Crippen LogP contribution in [0.3, 0.4) is 0 Å². The van der Waals surface area contributed by atoms with Crippen molar-refractivity contribution in [1.82, 2.24) is 15.4 Å². The Morgan fingerprint density at radius 1 is 0.609 bits per heavy atom. The Labute approximate surface area is 264 Å². The standard InChI is InChI=1S/C33H25N5O6S2/c39-31(36-40)21-28(24-9-1-13-26(19-24)37-45(41,42)29-15-3-7-22-11-5-17-34-32(22)29)25-10-2-14-27(20-25)38-46(43,44)30-16-4-8-23-12-6-18-35-33(23)30/h1-21,37-38,40H,(H,36,39). The lowest BCUT2D eigenvalue weighted by Gasteiger charge is -2.14. The van der Waals surface area contributed by atoms with Crippen LogP contribution in [0.1, 0.15) is 11.1 Å². The average molecular weight is 652 g/mol. The number of pyridine rings is 2. The zero-order valence-corrected chi connectivity index (χ0v) is 25.5. The quantitative estimate of drug-likeness (QED) is 0.0926. The van der Waals surface area contributed by atoms with Crippen LogP contribution >= 0.6 is 0 Å². The highest BCUT2D eigenvalue weighted by Gasteiger charge is 2.21. The van der Waals surface area contributed by atoms with Crippen LogP contribution in [-0.2, 0) is 24.8 Å². The van der Waals surface area contributed by atoms with E-state index >= 15 is 0 Å². The molecule has 0 radical (unpaired) electrons. The van der Waals surface area contributed by atoms with Gasteiger partial charge in [0.05, 0.1) is 11.0 Å². The van der Waals surface area contributed by atoms with E-state index in [4.69, 9.17) is 0 Å². The Kier molecular flexibility index (Phi) is 8.19. The highest BCUT2D eigenvalue weighted by atomic mass is 32.2. The minimum atomic E-state index is -4.08. The second-order valence-corrected chi connectivity index (χ2v) is 13.4. The smallest absolute Gasteiger partial charge is 0.267 e. The fourth-order valence-electron chi connectivity index (χ4n) is 5.00. The number of rotatable bonds is 9. The first-order valence-corrected chi connectivity index (χ1v) is 16.7. The summed E-state index contributed by atoms with van der Waals surface area (Å²) in [5.74, 6) is -0.851. The molecule has 6 aromatic rings. The van der Waals surface area contributed by atoms with E-state index in [0.29, 0.717) is 32.9 Å². The molecule has 0 aliphatic carbocycles. The Morgan fingerprint density at radius 2 is 1.04 bits per heavy atom. The number of hydrogen-bond acceptors (Lipinski definition) is 8. The second-order valence-electron chi connectivity index (χ2n) is 10.1. The molecule has 1 amide bonds. The molecule has 0 bridgehead atoms. The molecular formula is C33H25N5O6S2. The zero-order chi connectivity index (χ0) is 32.3. The number of nitrogens with zero attached hydrogens (tertiary/aromatic N) is 2. The summed E-state index contributed by atoms with van der Waals surface area (Å²) in [6.07, 6.45) is 4.14. The topological polar surface area (TPSA) is 167 Å². The summed E-state index contributed by atoms with van der Waals surface area (Å²) in [5, 5.41) is 10.6. The maximum atomic E-state index is 13.4. The molecule has 0 unspecified atom stereocenters. The summed E-state index contributed by atoms with van der Waals surface area (Å²) in [7, 11) is -8.15. The van der Waals surface area contributed by atoms with Gasteiger partial charge in [0.2, 0.25) is 0 Å². The van der Waals surface area contributed by atoms with Gasteiger partial charge in [0.1, 0.15) is 9.79 Å². The number of carbonyl (C=O) groups is 1. The van der Waals surface area contributed by atoms with Crippen molar-refractivity contribution in [2.45, 2.75) is 9.79 Å². The Hall–Kier alpha value is -5.63. The van der Waals surface area contributed by atoms with Crippen LogP contribution in [0.5, 0.6) is 0 Å². The first-order chi connectivity index (χ1) is 22.1. The molecule has 6 rings (SSSR count). The summed E-state index contributed by atoms with van der Waals surface area (Å²) in [5.41, 5.74) is 3.65. The largest absolute Gasteiger partial charge is 0.288 e. The lowest BCUT2D eigenvalue weighted by Crippen LogP contribution is -2.16. The molecule has 13 heteroatoms. The minimum Gasteiger partial charge on any atom is -0.288 e. The van der Waals surface area contributed by atoms with Gasteiger partial charge in [-0.2, -0.15) is 0 Å². The van der Waals surface area contributed by atoms with E-state index in [1.54, 1.807) is 90.4 Å². The predicted octanol–water partition coefficient (Wildman–Crippen LogP) is 5.32. The molecule has 4 aromatic carbocycles. The Balaban J connectivity index is 1.35. The molecule has 0 atom stereocenters. The molecule has 0 fully saturated rings. The first-order valence-electron chi connectivity index (χ1n) is 13.7. The molecule has 0 saturated heterocycles. The molecule has 2 heterocycles. The van der Waals surface area contributed by atoms with Gasteiger partial charge < -0.3 is 0 Å². The summed E-state index contributed by atoms with van der Waals surface area (Å²) in [4.78, 5) is 20.8. The lowest BCUT2D eigenvalue weighted by molar-refractivity contribution is -0.124. The van der Waals surface area contributed by atoms with E-state index in [2.05, 4.69) is 19.4 Å². The van der Waals surface area contributed by atoms with Crippen LogP contribution in [-0.4, -0.2) is 37.9 Å². The third-order valence-corrected chi connectivity index (χ3v) is 9.83. The number of para-hydroxylation sites is 2. The Morgan fingerprint density at radius 3 is 1.50 bits per heavy atom. The van der Waals surface area contributed by atoms with Gasteiger partial charge in [-0.3, -0.25) is 29.4 Å². The van der Waals surface area contributed by atoms with Gasteiger partial charge in [-0.1, -0.05) is 60.7 Å². The second kappa shape index (κ2) is 12.4. The maximum absolute atomic E-state index is 13.4. The summed E-state index contributed by atoms with van der Waals surface area (Å²) < 4.78 is 58.9. The fourth-order valence-corrected chi connectivity index (χ4v) is 7.46. The van der Waals surface area contributed by atoms with E-state index in [9.17, 15) is 26.8 Å². The van der Waals surface area contributed by atoms with Gasteiger partial charge in [0.25, 0.3) is 26.0 Å². The van der Waals surface area contributed by atoms with Crippen molar-refractivity contribution < 1.29 is 26.8 Å². The van der Waals surface area contributed by atoms with Gasteiger partial charge in [-0.05, 0) is 65.2 Å². The van der Waals surface area contributed by atoms with E-state index in [-0.39, 0.29) is 26.7 Å². The number of hydrogen-bond donors (Lipinski definition) is 4. The van der Waals surface area contributed by atoms with Crippen LogP contribution < -0.4 is 14.9 Å². The first kappa shape index (κ1) is 30.4. The predicted molar refractivity (Wildman–Crippen MR) is 175 cm³/mol. The molecule has 46 heavy (non-hydrogen) atoms. The minimum absolute atomic E-state index is 0.00666. The van der Waals surface area contributed by atoms with Crippen LogP contribution in [0.2, 0.25) is 0 Å². The molecule has 2 aromatic heterocycles. The van der Waals surface area contributed by atoms with E-state index in [1.165, 1.54) is 36.7 Å². The van der Waals surface area contributed by atoms with Crippen molar-refractivity contribution in [2.75, 3.05) is 9.44 Å². The molecule has 0 saturated carbocycles. The highest BCUT2D eigenvalue weighted by Crippen LogP contribution is 2.30. The summed E-state index contributed by atoms with van der Waals surface area (Å²) in [6.45, 7) is 0. The number of hydroxylamine groups is 1. The maximum Gasteiger partial charge on any atom is 0.267 e. The van der Waals surface area contributed by atoms with Gasteiger partial charge in [0.15, 0.2) is 0 Å². The number of fused-ring (bicyclic) bond motifs is 2. The zero-order valence-electron chi connectivity index (χ0n) is 23.8. The number of amides is 1. The van der Waals surface area contributed by atoms with Crippen LogP contribution in [0.4, 0.5) is 11.4 Å². The highest BCUT2D eigenvalue weighted by molar-refractivity contribution is 7.93. The number of anilines is 2. The van der Waals surface area contributed by atoms with Crippen LogP contribution in [0, 0.1) is 0 Å². The van der Waals surface area contributed by atoms with E-state index in [1.807, 2.05) is 0 Å². The molecule has 11 nitrogen and oxygen atoms in total. The molecule has 230 valence electrons. The molecular weight excluding hydrogens is 627 g/mol. The van der Waals surface area contributed by atoms with Crippen LogP contribution in [0.15, 0.2) is 137 Å². The van der Waals surface area contributed by atoms with E-state index in [0.717, 1.165) is 6.08 Å². The summed E-state index contributed by atoms with van der Waals surface area (Å²) in [6, 6.07) is 29.3. The number of carbonyl (C=O) groups excluding carboxylic acids is 1. The molecule has 4 N–H and O–H groups in total. The van der Waals surface area contributed by atoms with Crippen molar-refractivity contribution in [1.29, 1.82) is 0 Å². The third-order valence-electron chi connectivity index (χ3n) is 7.01. The van der Waals surface area contributed by atoms with Crippen molar-refractivity contribution in [3.8, 4) is 0 Å². The van der Waals surface area contributed by atoms with Crippen LogP contribution in [0.25, 0.3) is 27.4 Å². The van der Waals surface area contributed by atoms with Gasteiger partial charge in [-0.15, -0.1) is 0 Å². The number of sulfonamides is 2. The monoisotopic (exact) mass is 651 g/mol. The third kappa shape index (κ3) is 6.28. The number of benzene rings is 4. The van der Waals surface area contributed by atoms with Gasteiger partial charge in [0, 0.05) is 40.6 Å². The van der Waals surface area contributed by atoms with Crippen molar-refractivity contribution in [3.05, 3.63) is 139 Å². The normalized spacial score (nSPS) is 11.6. The van der Waals surface area contributed by atoms with Gasteiger partial charge >= 0.3 is 0 Å². The summed E-state index contributed by atoms with van der Waals surface area (Å²) >= 11 is 0. The molecule has 0 aliphatic heterocycles. The number of nitrogens with one attached hydrogen (secondary N) is 3. The molecule has 0 spiro atoms. The van der Waals surface area contributed by atoms with Gasteiger partial charge in [-0.25, -0.2) is 22.3 Å². The fraction of sp³-hybridized carbons (Fsp3) is 0. The number of aromatic nitrogens is 2. The average Bonchev–Trinajstić information content (AvgIpc) is 3.06. The SMILES string of the molecule is O=C(C=C(c1cccc(NS(=O)(=O)c2cccc3cccnc23)c1)c1cccc(NS(=O)(=O)c2cccc3cccnc23)c1)NO. The van der Waals surface area contributed by atoms with Crippen molar-refractivity contribution in [2.24, 2.45) is 0 Å². The molecule has 0 aliphatic rings. The Bertz CT molecular complexity index is 2210. The van der Waals surface area contributed by atoms with Crippen molar-refractivity contribution in [3.63, 3.8) is 0 Å². The lowest BCUT2D eigenvalue weighted by atomic mass is 9.96. The van der Waals surface area contributed by atoms with E-state index < -0.39 is 26.0 Å². The van der Waals surface area contributed by atoms with Crippen molar-refractivity contribution >= 4 is 64.7 Å².